The van der Waals surface area contributed by atoms with Crippen molar-refractivity contribution in [1.82, 2.24) is 9.55 Å². The predicted octanol–water partition coefficient (Wildman–Crippen LogP) is 4.28. The van der Waals surface area contributed by atoms with Gasteiger partial charge in [0.1, 0.15) is 6.07 Å². The van der Waals surface area contributed by atoms with Crippen molar-refractivity contribution < 1.29 is 19.4 Å². The van der Waals surface area contributed by atoms with Gasteiger partial charge in [-0.2, -0.15) is 5.26 Å². The van der Waals surface area contributed by atoms with Gasteiger partial charge in [-0.05, 0) is 36.4 Å². The first-order valence-electron chi connectivity index (χ1n) is 9.27. The molecule has 0 radical (unpaired) electrons. The molecule has 3 N–H and O–H groups in total. The Bertz CT molecular complexity index is 1450. The lowest BCUT2D eigenvalue weighted by Crippen LogP contribution is -2.11. The lowest BCUT2D eigenvalue weighted by molar-refractivity contribution is 0.0592. The monoisotopic (exact) mass is 446 g/mol. The molecule has 0 saturated carbocycles. The van der Waals surface area contributed by atoms with Crippen LogP contribution in [0.25, 0.3) is 27.8 Å². The maximum Gasteiger partial charge on any atom is 0.357 e. The van der Waals surface area contributed by atoms with Gasteiger partial charge in [0.2, 0.25) is 0 Å². The summed E-state index contributed by atoms with van der Waals surface area (Å²) in [7, 11) is 1.22. The summed E-state index contributed by atoms with van der Waals surface area (Å²) in [5.74, 6) is -1.80. The van der Waals surface area contributed by atoms with E-state index < -0.39 is 11.9 Å². The van der Waals surface area contributed by atoms with Gasteiger partial charge in [0.05, 0.1) is 35.1 Å². The van der Waals surface area contributed by atoms with Crippen molar-refractivity contribution in [3.05, 3.63) is 76.6 Å². The molecule has 2 aromatic carbocycles. The Morgan fingerprint density at radius 1 is 1.22 bits per heavy atom. The Balaban J connectivity index is 1.91. The predicted molar refractivity (Wildman–Crippen MR) is 119 cm³/mol. The molecule has 0 unspecified atom stereocenters. The topological polar surface area (TPSA) is 131 Å². The highest BCUT2D eigenvalue weighted by Crippen LogP contribution is 2.30. The van der Waals surface area contributed by atoms with Crippen molar-refractivity contribution in [2.75, 3.05) is 12.8 Å². The van der Waals surface area contributed by atoms with E-state index in [1.807, 2.05) is 6.07 Å². The molecule has 2 aromatic heterocycles. The van der Waals surface area contributed by atoms with Crippen molar-refractivity contribution in [3.8, 4) is 23.0 Å². The van der Waals surface area contributed by atoms with Crippen molar-refractivity contribution in [2.45, 2.75) is 0 Å². The van der Waals surface area contributed by atoms with E-state index in [0.717, 1.165) is 0 Å². The lowest BCUT2D eigenvalue weighted by Gasteiger charge is -2.11. The van der Waals surface area contributed by atoms with Gasteiger partial charge in [0.15, 0.2) is 5.69 Å². The van der Waals surface area contributed by atoms with Gasteiger partial charge >= 0.3 is 11.9 Å². The van der Waals surface area contributed by atoms with Gasteiger partial charge < -0.3 is 20.1 Å². The molecule has 9 heteroatoms. The molecule has 32 heavy (non-hydrogen) atoms. The summed E-state index contributed by atoms with van der Waals surface area (Å²) < 4.78 is 6.27. The van der Waals surface area contributed by atoms with Crippen LogP contribution in [0.4, 0.5) is 5.69 Å². The van der Waals surface area contributed by atoms with Crippen LogP contribution in [-0.4, -0.2) is 33.7 Å². The summed E-state index contributed by atoms with van der Waals surface area (Å²) in [6, 6.07) is 15.2. The number of benzene rings is 2. The van der Waals surface area contributed by atoms with E-state index in [0.29, 0.717) is 32.9 Å². The normalized spacial score (nSPS) is 10.7. The van der Waals surface area contributed by atoms with Crippen LogP contribution in [0.5, 0.6) is 0 Å². The highest BCUT2D eigenvalue weighted by molar-refractivity contribution is 6.31. The van der Waals surface area contributed by atoms with E-state index >= 15 is 0 Å². The fraction of sp³-hybridized carbons (Fsp3) is 0.0435. The number of nitriles is 1. The maximum absolute atomic E-state index is 12.3. The van der Waals surface area contributed by atoms with Crippen LogP contribution in [0.2, 0.25) is 5.02 Å². The molecule has 0 fully saturated rings. The summed E-state index contributed by atoms with van der Waals surface area (Å²) in [5.41, 5.74) is 8.21. The summed E-state index contributed by atoms with van der Waals surface area (Å²) >= 11 is 6.03. The number of esters is 1. The van der Waals surface area contributed by atoms with E-state index in [1.165, 1.54) is 23.9 Å². The molecule has 0 bridgehead atoms. The number of aromatic nitrogens is 2. The molecular weight excluding hydrogens is 432 g/mol. The number of fused-ring (bicyclic) bond motifs is 1. The zero-order valence-electron chi connectivity index (χ0n) is 16.7. The molecule has 0 aliphatic rings. The maximum atomic E-state index is 12.3. The number of aromatic carboxylic acids is 1. The van der Waals surface area contributed by atoms with E-state index in [9.17, 15) is 20.0 Å². The van der Waals surface area contributed by atoms with Crippen molar-refractivity contribution in [2.24, 2.45) is 0 Å². The first kappa shape index (κ1) is 20.9. The number of hydrogen-bond donors (Lipinski definition) is 2. The largest absolute Gasteiger partial charge is 0.478 e. The molecule has 8 nitrogen and oxygen atoms in total. The first-order valence-corrected chi connectivity index (χ1v) is 9.65. The molecule has 0 spiro atoms. The number of pyridine rings is 1. The Kier molecular flexibility index (Phi) is 5.26. The number of nitrogens with zero attached hydrogens (tertiary/aromatic N) is 3. The number of carbonyl (C=O) groups is 2. The van der Waals surface area contributed by atoms with Gasteiger partial charge in [-0.3, -0.25) is 0 Å². The van der Waals surface area contributed by atoms with Crippen molar-refractivity contribution in [1.29, 1.82) is 5.26 Å². The average molecular weight is 447 g/mol. The smallest absolute Gasteiger partial charge is 0.357 e. The van der Waals surface area contributed by atoms with Crippen LogP contribution in [0.3, 0.4) is 0 Å². The number of carboxylic acid groups (broad SMARTS) is 1. The van der Waals surface area contributed by atoms with Crippen LogP contribution in [0.15, 0.2) is 54.7 Å². The summed E-state index contributed by atoms with van der Waals surface area (Å²) in [4.78, 5) is 28.7. The number of nitrogen functional groups attached to an aromatic ring is 1. The van der Waals surface area contributed by atoms with Crippen molar-refractivity contribution in [3.63, 3.8) is 0 Å². The highest BCUT2D eigenvalue weighted by Gasteiger charge is 2.22. The van der Waals surface area contributed by atoms with Crippen LogP contribution in [-0.2, 0) is 4.74 Å². The number of nitrogens with two attached hydrogens (primary N) is 1. The standard InChI is InChI=1S/C23H15ClN4O4/c1-32-23(31)21-20(26)13(10-25)11-28(21)15-4-2-3-12(7-15)19-9-17(22(29)30)16-8-14(24)5-6-18(16)27-19/h2-9,11H,26H2,1H3,(H,29,30). The van der Waals surface area contributed by atoms with E-state index in [4.69, 9.17) is 22.1 Å². The third kappa shape index (κ3) is 3.51. The second-order valence-electron chi connectivity index (χ2n) is 6.85. The number of halogens is 1. The third-order valence-corrected chi connectivity index (χ3v) is 5.20. The number of ether oxygens (including phenoxy) is 1. The second-order valence-corrected chi connectivity index (χ2v) is 7.29. The van der Waals surface area contributed by atoms with Crippen LogP contribution in [0, 0.1) is 11.3 Å². The Morgan fingerprint density at radius 2 is 2.00 bits per heavy atom. The van der Waals surface area contributed by atoms with Gasteiger partial charge in [0.25, 0.3) is 0 Å². The van der Waals surface area contributed by atoms with Gasteiger partial charge in [0, 0.05) is 27.9 Å². The second kappa shape index (κ2) is 8.06. The molecule has 4 aromatic rings. The Hall–Kier alpha value is -4.35. The summed E-state index contributed by atoms with van der Waals surface area (Å²) in [6.45, 7) is 0. The summed E-state index contributed by atoms with van der Waals surface area (Å²) in [6.07, 6.45) is 1.44. The zero-order chi connectivity index (χ0) is 23.0. The zero-order valence-corrected chi connectivity index (χ0v) is 17.4. The van der Waals surface area contributed by atoms with E-state index in [1.54, 1.807) is 42.5 Å². The number of rotatable bonds is 4. The quantitative estimate of drug-likeness (QED) is 0.447. The highest BCUT2D eigenvalue weighted by atomic mass is 35.5. The van der Waals surface area contributed by atoms with E-state index in [2.05, 4.69) is 4.98 Å². The number of anilines is 1. The molecule has 0 aliphatic heterocycles. The minimum absolute atomic E-state index is 0.0126. The van der Waals surface area contributed by atoms with Crippen LogP contribution < -0.4 is 5.73 Å². The van der Waals surface area contributed by atoms with Gasteiger partial charge in [-0.1, -0.05) is 23.7 Å². The molecule has 2 heterocycles. The molecular formula is C23H15ClN4O4. The van der Waals surface area contributed by atoms with Gasteiger partial charge in [-0.25, -0.2) is 14.6 Å². The fourth-order valence-electron chi connectivity index (χ4n) is 3.46. The number of hydrogen-bond acceptors (Lipinski definition) is 6. The number of carbonyl (C=O) groups excluding carboxylic acids is 1. The molecule has 0 amide bonds. The third-order valence-electron chi connectivity index (χ3n) is 4.96. The SMILES string of the molecule is COC(=O)c1c(N)c(C#N)cn1-c1cccc(-c2cc(C(=O)O)c3cc(Cl)ccc3n2)c1. The Labute approximate surface area is 187 Å². The average Bonchev–Trinajstić information content (AvgIpc) is 3.14. The van der Waals surface area contributed by atoms with Crippen molar-refractivity contribution >= 4 is 40.1 Å². The van der Waals surface area contributed by atoms with Gasteiger partial charge in [-0.15, -0.1) is 0 Å². The molecule has 0 aliphatic carbocycles. The lowest BCUT2D eigenvalue weighted by atomic mass is 10.0. The van der Waals surface area contributed by atoms with Crippen LogP contribution >= 0.6 is 11.6 Å². The first-order chi connectivity index (χ1) is 15.3. The molecule has 0 atom stereocenters. The van der Waals surface area contributed by atoms with E-state index in [-0.39, 0.29) is 22.5 Å². The fourth-order valence-corrected chi connectivity index (χ4v) is 3.63. The molecule has 4 rings (SSSR count). The summed E-state index contributed by atoms with van der Waals surface area (Å²) in [5, 5.41) is 19.8. The minimum atomic E-state index is -1.11. The number of methoxy groups -OCH3 is 1. The Morgan fingerprint density at radius 3 is 2.69 bits per heavy atom. The minimum Gasteiger partial charge on any atom is -0.478 e. The van der Waals surface area contributed by atoms with Crippen LogP contribution in [0.1, 0.15) is 26.4 Å². The number of carboxylic acids is 1. The molecule has 0 saturated heterocycles. The molecule has 158 valence electrons.